The number of carbonyl (C=O) groups is 1. The zero-order valence-electron chi connectivity index (χ0n) is 12.8. The summed E-state index contributed by atoms with van der Waals surface area (Å²) in [4.78, 5) is 24.8. The highest BCUT2D eigenvalue weighted by atomic mass is 16.6. The van der Waals surface area contributed by atoms with Crippen molar-refractivity contribution >= 4 is 11.6 Å². The molecule has 1 aliphatic heterocycles. The van der Waals surface area contributed by atoms with E-state index in [4.69, 9.17) is 4.74 Å². The van der Waals surface area contributed by atoms with Crippen LogP contribution < -0.4 is 5.32 Å². The van der Waals surface area contributed by atoms with Crippen LogP contribution in [0, 0.1) is 10.1 Å². The molecule has 122 valence electrons. The highest BCUT2D eigenvalue weighted by Gasteiger charge is 2.26. The Morgan fingerprint density at radius 3 is 2.82 bits per heavy atom. The molecule has 9 heteroatoms. The topological polar surface area (TPSA) is 103 Å². The largest absolute Gasteiger partial charge is 0.379 e. The van der Waals surface area contributed by atoms with Crippen molar-refractivity contribution in [3.05, 3.63) is 22.0 Å². The molecule has 1 N–H and O–H groups in total. The lowest BCUT2D eigenvalue weighted by molar-refractivity contribution is -0.385. The van der Waals surface area contributed by atoms with Gasteiger partial charge >= 0.3 is 5.69 Å². The van der Waals surface area contributed by atoms with Gasteiger partial charge in [-0.15, -0.1) is 0 Å². The van der Waals surface area contributed by atoms with Gasteiger partial charge in [0, 0.05) is 32.2 Å². The molecule has 1 aliphatic rings. The molecule has 1 atom stereocenters. The van der Waals surface area contributed by atoms with Crippen LogP contribution in [-0.4, -0.2) is 64.4 Å². The third-order valence-electron chi connectivity index (χ3n) is 3.49. The van der Waals surface area contributed by atoms with Crippen LogP contribution in [0.25, 0.3) is 0 Å². The molecule has 0 saturated carbocycles. The summed E-state index contributed by atoms with van der Waals surface area (Å²) in [6.07, 6.45) is 1.28. The first-order chi connectivity index (χ1) is 10.5. The van der Waals surface area contributed by atoms with Crippen molar-refractivity contribution in [3.63, 3.8) is 0 Å². The number of carbonyl (C=O) groups excluding carboxylic acids is 1. The number of amides is 1. The molecule has 0 spiro atoms. The van der Waals surface area contributed by atoms with E-state index in [9.17, 15) is 14.9 Å². The van der Waals surface area contributed by atoms with Crippen LogP contribution >= 0.6 is 0 Å². The van der Waals surface area contributed by atoms with Gasteiger partial charge < -0.3 is 10.1 Å². The van der Waals surface area contributed by atoms with Gasteiger partial charge in [-0.1, -0.05) is 0 Å². The Kier molecular flexibility index (Phi) is 5.45. The molecule has 1 amide bonds. The van der Waals surface area contributed by atoms with Crippen molar-refractivity contribution in [2.75, 3.05) is 32.8 Å². The van der Waals surface area contributed by atoms with Crippen molar-refractivity contribution in [2.45, 2.75) is 26.4 Å². The van der Waals surface area contributed by atoms with Gasteiger partial charge in [-0.05, 0) is 13.8 Å². The predicted molar refractivity (Wildman–Crippen MR) is 78.7 cm³/mol. The number of morpholine rings is 1. The number of hydrogen-bond acceptors (Lipinski definition) is 6. The summed E-state index contributed by atoms with van der Waals surface area (Å²) in [5.74, 6) is -0.514. The summed E-state index contributed by atoms with van der Waals surface area (Å²) in [5.41, 5.74) is -0.404. The summed E-state index contributed by atoms with van der Waals surface area (Å²) >= 11 is 0. The van der Waals surface area contributed by atoms with Gasteiger partial charge in [-0.2, -0.15) is 5.10 Å². The van der Waals surface area contributed by atoms with Gasteiger partial charge in [0.2, 0.25) is 5.69 Å². The van der Waals surface area contributed by atoms with E-state index in [-0.39, 0.29) is 17.4 Å². The molecule has 1 aromatic heterocycles. The Labute approximate surface area is 128 Å². The van der Waals surface area contributed by atoms with Crippen molar-refractivity contribution in [1.29, 1.82) is 0 Å². The number of aryl methyl sites for hydroxylation is 1. The fourth-order valence-electron chi connectivity index (χ4n) is 2.38. The molecule has 1 aromatic rings. The maximum absolute atomic E-state index is 12.2. The number of aromatic nitrogens is 2. The second-order valence-electron chi connectivity index (χ2n) is 5.26. The molecule has 1 fully saturated rings. The normalized spacial score (nSPS) is 17.2. The van der Waals surface area contributed by atoms with Crippen LogP contribution in [0.1, 0.15) is 24.3 Å². The van der Waals surface area contributed by atoms with Gasteiger partial charge in [-0.3, -0.25) is 24.5 Å². The van der Waals surface area contributed by atoms with Crippen LogP contribution in [-0.2, 0) is 11.3 Å². The number of nitro groups is 1. The van der Waals surface area contributed by atoms with Crippen molar-refractivity contribution in [3.8, 4) is 0 Å². The fraction of sp³-hybridized carbons (Fsp3) is 0.692. The zero-order valence-corrected chi connectivity index (χ0v) is 12.8. The van der Waals surface area contributed by atoms with Crippen LogP contribution in [0.5, 0.6) is 0 Å². The fourth-order valence-corrected chi connectivity index (χ4v) is 2.38. The third kappa shape index (κ3) is 4.01. The SMILES string of the molecule is CCn1cc([N+](=O)[O-])c(C(=O)NC(C)CN2CCOCC2)n1. The minimum absolute atomic E-state index is 0.128. The molecule has 1 saturated heterocycles. The lowest BCUT2D eigenvalue weighted by Gasteiger charge is -2.29. The Balaban J connectivity index is 1.98. The Morgan fingerprint density at radius 1 is 1.55 bits per heavy atom. The summed E-state index contributed by atoms with van der Waals surface area (Å²) in [7, 11) is 0. The highest BCUT2D eigenvalue weighted by Crippen LogP contribution is 2.16. The minimum atomic E-state index is -0.583. The lowest BCUT2D eigenvalue weighted by Crippen LogP contribution is -2.46. The molecule has 0 bridgehead atoms. The zero-order chi connectivity index (χ0) is 16.1. The summed E-state index contributed by atoms with van der Waals surface area (Å²) < 4.78 is 6.66. The lowest BCUT2D eigenvalue weighted by atomic mass is 10.2. The average Bonchev–Trinajstić information content (AvgIpc) is 2.92. The number of hydrogen-bond donors (Lipinski definition) is 1. The smallest absolute Gasteiger partial charge is 0.320 e. The number of ether oxygens (including phenoxy) is 1. The molecule has 0 aliphatic carbocycles. The number of rotatable bonds is 6. The quantitative estimate of drug-likeness (QED) is 0.597. The van der Waals surface area contributed by atoms with E-state index in [0.717, 1.165) is 13.1 Å². The van der Waals surface area contributed by atoms with Gasteiger partial charge in [0.25, 0.3) is 5.91 Å². The van der Waals surface area contributed by atoms with Crippen molar-refractivity contribution in [1.82, 2.24) is 20.0 Å². The second-order valence-corrected chi connectivity index (χ2v) is 5.26. The molecule has 1 unspecified atom stereocenters. The van der Waals surface area contributed by atoms with E-state index >= 15 is 0 Å². The van der Waals surface area contributed by atoms with Crippen LogP contribution in [0.15, 0.2) is 6.20 Å². The van der Waals surface area contributed by atoms with Crippen LogP contribution in [0.4, 0.5) is 5.69 Å². The average molecular weight is 311 g/mol. The summed E-state index contributed by atoms with van der Waals surface area (Å²) in [5, 5.41) is 17.8. The maximum Gasteiger partial charge on any atom is 0.320 e. The molecule has 0 aromatic carbocycles. The van der Waals surface area contributed by atoms with E-state index in [0.29, 0.717) is 26.3 Å². The van der Waals surface area contributed by atoms with Crippen molar-refractivity contribution in [2.24, 2.45) is 0 Å². The van der Waals surface area contributed by atoms with E-state index in [1.165, 1.54) is 10.9 Å². The monoisotopic (exact) mass is 311 g/mol. The third-order valence-corrected chi connectivity index (χ3v) is 3.49. The number of nitrogens with zero attached hydrogens (tertiary/aromatic N) is 4. The molecule has 0 radical (unpaired) electrons. The molecule has 2 rings (SSSR count). The van der Waals surface area contributed by atoms with Gasteiger partial charge in [0.15, 0.2) is 0 Å². The Hall–Kier alpha value is -2.00. The summed E-state index contributed by atoms with van der Waals surface area (Å²) in [6.45, 7) is 7.85. The molecule has 9 nitrogen and oxygen atoms in total. The number of nitrogens with one attached hydrogen (secondary N) is 1. The Bertz CT molecular complexity index is 539. The molecule has 2 heterocycles. The molecule has 22 heavy (non-hydrogen) atoms. The van der Waals surface area contributed by atoms with Gasteiger partial charge in [-0.25, -0.2) is 0 Å². The molecular formula is C13H21N5O4. The minimum Gasteiger partial charge on any atom is -0.379 e. The first-order valence-electron chi connectivity index (χ1n) is 7.34. The van der Waals surface area contributed by atoms with E-state index in [1.54, 1.807) is 6.92 Å². The molecular weight excluding hydrogens is 290 g/mol. The van der Waals surface area contributed by atoms with E-state index in [2.05, 4.69) is 15.3 Å². The van der Waals surface area contributed by atoms with Crippen molar-refractivity contribution < 1.29 is 14.5 Å². The second kappa shape index (κ2) is 7.32. The van der Waals surface area contributed by atoms with E-state index in [1.807, 2.05) is 6.92 Å². The first-order valence-corrected chi connectivity index (χ1v) is 7.34. The summed E-state index contributed by atoms with van der Waals surface area (Å²) in [6, 6.07) is -0.128. The van der Waals surface area contributed by atoms with Crippen LogP contribution in [0.3, 0.4) is 0 Å². The van der Waals surface area contributed by atoms with Crippen LogP contribution in [0.2, 0.25) is 0 Å². The maximum atomic E-state index is 12.2. The Morgan fingerprint density at radius 2 is 2.23 bits per heavy atom. The van der Waals surface area contributed by atoms with E-state index < -0.39 is 10.8 Å². The van der Waals surface area contributed by atoms with Gasteiger partial charge in [0.1, 0.15) is 6.20 Å². The predicted octanol–water partition coefficient (Wildman–Crippen LogP) is 0.262. The van der Waals surface area contributed by atoms with Gasteiger partial charge in [0.05, 0.1) is 18.1 Å². The first kappa shape index (κ1) is 16.4. The highest BCUT2D eigenvalue weighted by molar-refractivity contribution is 5.96. The standard InChI is InChI=1S/C13H21N5O4/c1-3-17-9-11(18(20)21)12(15-17)13(19)14-10(2)8-16-4-6-22-7-5-16/h9-10H,3-8H2,1-2H3,(H,14,19).